The van der Waals surface area contributed by atoms with Crippen LogP contribution in [-0.2, 0) is 6.42 Å². The number of hydrogen-bond donors (Lipinski definition) is 3. The van der Waals surface area contributed by atoms with Gasteiger partial charge in [-0.3, -0.25) is 9.78 Å². The lowest BCUT2D eigenvalue weighted by atomic mass is 9.90. The van der Waals surface area contributed by atoms with Crippen molar-refractivity contribution in [2.45, 2.75) is 25.2 Å². The highest BCUT2D eigenvalue weighted by molar-refractivity contribution is 6.36. The van der Waals surface area contributed by atoms with E-state index in [1.54, 1.807) is 25.3 Å². The van der Waals surface area contributed by atoms with E-state index in [1.807, 2.05) is 12.1 Å². The molecule has 0 unspecified atom stereocenters. The van der Waals surface area contributed by atoms with Crippen LogP contribution < -0.4 is 20.9 Å². The Bertz CT molecular complexity index is 1410. The zero-order valence-electron chi connectivity index (χ0n) is 19.2. The standard InChI is InChI=1S/C26H25Cl2N5O2/c1-35-24-11-16(15-7-9-29-10-8-15)5-6-21(24)32-22-13-17(12-18-19(27)3-2-4-20(18)28)31-23-14-30-33-26(34)25(22)23/h2-6,11,13-15,29H,7-10,12H2,1H3,(H,31,32)(H,33,34). The lowest BCUT2D eigenvalue weighted by Crippen LogP contribution is -2.26. The third-order valence-electron chi connectivity index (χ3n) is 6.41. The van der Waals surface area contributed by atoms with E-state index in [4.69, 9.17) is 27.9 Å². The summed E-state index contributed by atoms with van der Waals surface area (Å²) >= 11 is 12.8. The number of benzene rings is 2. The van der Waals surface area contributed by atoms with Gasteiger partial charge in [0.05, 0.1) is 35.6 Å². The molecule has 9 heteroatoms. The van der Waals surface area contributed by atoms with Crippen LogP contribution in [0.25, 0.3) is 10.9 Å². The van der Waals surface area contributed by atoms with Gasteiger partial charge in [0.1, 0.15) is 5.75 Å². The quantitative estimate of drug-likeness (QED) is 0.320. The van der Waals surface area contributed by atoms with Gasteiger partial charge in [-0.1, -0.05) is 35.3 Å². The van der Waals surface area contributed by atoms with Crippen molar-refractivity contribution >= 4 is 45.5 Å². The summed E-state index contributed by atoms with van der Waals surface area (Å²) in [6.45, 7) is 2.04. The minimum atomic E-state index is -0.329. The van der Waals surface area contributed by atoms with Crippen molar-refractivity contribution in [1.29, 1.82) is 0 Å². The molecule has 0 spiro atoms. The number of rotatable bonds is 6. The number of halogens is 2. The minimum Gasteiger partial charge on any atom is -0.495 e. The second kappa shape index (κ2) is 10.2. The fraction of sp³-hybridized carbons (Fsp3) is 0.269. The number of aromatic amines is 1. The molecule has 7 nitrogen and oxygen atoms in total. The molecule has 1 aliphatic heterocycles. The smallest absolute Gasteiger partial charge is 0.275 e. The number of ether oxygens (including phenoxy) is 1. The van der Waals surface area contributed by atoms with Crippen molar-refractivity contribution in [1.82, 2.24) is 20.5 Å². The molecule has 0 radical (unpaired) electrons. The Morgan fingerprint density at radius 3 is 2.60 bits per heavy atom. The number of fused-ring (bicyclic) bond motifs is 1. The number of piperidine rings is 1. The highest BCUT2D eigenvalue weighted by atomic mass is 35.5. The summed E-state index contributed by atoms with van der Waals surface area (Å²) in [5, 5.41) is 14.8. The van der Waals surface area contributed by atoms with Crippen LogP contribution in [0.15, 0.2) is 53.5 Å². The van der Waals surface area contributed by atoms with E-state index in [9.17, 15) is 4.79 Å². The first-order chi connectivity index (χ1) is 17.0. The second-order valence-corrected chi connectivity index (χ2v) is 9.42. The molecule has 1 saturated heterocycles. The lowest BCUT2D eigenvalue weighted by molar-refractivity contribution is 0.413. The summed E-state index contributed by atoms with van der Waals surface area (Å²) in [7, 11) is 1.65. The third kappa shape index (κ3) is 4.98. The summed E-state index contributed by atoms with van der Waals surface area (Å²) in [5.41, 5.74) is 4.24. The van der Waals surface area contributed by atoms with E-state index < -0.39 is 0 Å². The first-order valence-electron chi connectivity index (χ1n) is 11.5. The van der Waals surface area contributed by atoms with Gasteiger partial charge in [-0.15, -0.1) is 0 Å². The SMILES string of the molecule is COc1cc(C2CCNCC2)ccc1Nc1cc(Cc2c(Cl)cccc2Cl)nc2cn[nH]c(=O)c12. The average molecular weight is 510 g/mol. The maximum absolute atomic E-state index is 12.7. The van der Waals surface area contributed by atoms with E-state index >= 15 is 0 Å². The van der Waals surface area contributed by atoms with Crippen molar-refractivity contribution in [3.8, 4) is 5.75 Å². The first kappa shape index (κ1) is 23.6. The van der Waals surface area contributed by atoms with Crippen LogP contribution in [0.1, 0.15) is 35.6 Å². The number of hydrogen-bond acceptors (Lipinski definition) is 6. The molecule has 5 rings (SSSR count). The lowest BCUT2D eigenvalue weighted by Gasteiger charge is -2.24. The number of pyridine rings is 1. The topological polar surface area (TPSA) is 91.9 Å². The zero-order chi connectivity index (χ0) is 24.4. The molecule has 1 aliphatic rings. The van der Waals surface area contributed by atoms with E-state index in [1.165, 1.54) is 11.8 Å². The molecule has 0 atom stereocenters. The molecule has 2 aromatic carbocycles. The van der Waals surface area contributed by atoms with Crippen molar-refractivity contribution in [2.24, 2.45) is 0 Å². The molecule has 0 aliphatic carbocycles. The predicted molar refractivity (Wildman–Crippen MR) is 141 cm³/mol. The van der Waals surface area contributed by atoms with Crippen LogP contribution in [-0.4, -0.2) is 35.4 Å². The Balaban J connectivity index is 1.55. The van der Waals surface area contributed by atoms with Gasteiger partial charge in [0.25, 0.3) is 5.56 Å². The molecule has 35 heavy (non-hydrogen) atoms. The first-order valence-corrected chi connectivity index (χ1v) is 12.2. The van der Waals surface area contributed by atoms with Gasteiger partial charge in [0, 0.05) is 22.2 Å². The molecular weight excluding hydrogens is 485 g/mol. The van der Waals surface area contributed by atoms with E-state index in [0.717, 1.165) is 37.2 Å². The zero-order valence-corrected chi connectivity index (χ0v) is 20.7. The number of nitrogens with one attached hydrogen (secondary N) is 3. The summed E-state index contributed by atoms with van der Waals surface area (Å²) in [4.78, 5) is 17.4. The summed E-state index contributed by atoms with van der Waals surface area (Å²) in [6.07, 6.45) is 4.14. The molecule has 3 N–H and O–H groups in total. The Morgan fingerprint density at radius 1 is 1.09 bits per heavy atom. The average Bonchev–Trinajstić information content (AvgIpc) is 2.87. The van der Waals surface area contributed by atoms with Crippen molar-refractivity contribution in [2.75, 3.05) is 25.5 Å². The van der Waals surface area contributed by atoms with Crippen LogP contribution >= 0.6 is 23.2 Å². The van der Waals surface area contributed by atoms with Crippen LogP contribution in [0, 0.1) is 0 Å². The molecule has 180 valence electrons. The van der Waals surface area contributed by atoms with Gasteiger partial charge >= 0.3 is 0 Å². The van der Waals surface area contributed by atoms with Crippen LogP contribution in [0.4, 0.5) is 11.4 Å². The Kier molecular flexibility index (Phi) is 6.90. The molecule has 1 fully saturated rings. The minimum absolute atomic E-state index is 0.329. The molecule has 0 amide bonds. The summed E-state index contributed by atoms with van der Waals surface area (Å²) in [6, 6.07) is 13.4. The monoisotopic (exact) mass is 509 g/mol. The normalized spacial score (nSPS) is 14.3. The van der Waals surface area contributed by atoms with Crippen molar-refractivity contribution < 1.29 is 4.74 Å². The highest BCUT2D eigenvalue weighted by Crippen LogP contribution is 2.36. The van der Waals surface area contributed by atoms with Gasteiger partial charge in [-0.25, -0.2) is 5.10 Å². The number of H-pyrrole nitrogens is 1. The highest BCUT2D eigenvalue weighted by Gasteiger charge is 2.18. The van der Waals surface area contributed by atoms with Gasteiger partial charge in [-0.2, -0.15) is 5.10 Å². The Hall–Kier alpha value is -3.13. The number of aromatic nitrogens is 3. The van der Waals surface area contributed by atoms with Crippen molar-refractivity contribution in [3.05, 3.63) is 85.9 Å². The van der Waals surface area contributed by atoms with Crippen LogP contribution in [0.5, 0.6) is 5.75 Å². The molecule has 0 bridgehead atoms. The Labute approximate surface area is 212 Å². The fourth-order valence-corrected chi connectivity index (χ4v) is 5.13. The van der Waals surface area contributed by atoms with Gasteiger partial charge in [0.2, 0.25) is 0 Å². The van der Waals surface area contributed by atoms with Crippen LogP contribution in [0.3, 0.4) is 0 Å². The van der Waals surface area contributed by atoms with Gasteiger partial charge in [0.15, 0.2) is 0 Å². The van der Waals surface area contributed by atoms with E-state index in [0.29, 0.717) is 50.4 Å². The second-order valence-electron chi connectivity index (χ2n) is 8.61. The van der Waals surface area contributed by atoms with Crippen LogP contribution in [0.2, 0.25) is 10.0 Å². The largest absolute Gasteiger partial charge is 0.495 e. The van der Waals surface area contributed by atoms with Gasteiger partial charge in [-0.05, 0) is 73.3 Å². The number of methoxy groups -OCH3 is 1. The molecular formula is C26H25Cl2N5O2. The molecule has 0 saturated carbocycles. The molecule has 3 heterocycles. The maximum Gasteiger partial charge on any atom is 0.275 e. The predicted octanol–water partition coefficient (Wildman–Crippen LogP) is 5.43. The fourth-order valence-electron chi connectivity index (χ4n) is 4.60. The number of nitrogens with zero attached hydrogens (tertiary/aromatic N) is 2. The summed E-state index contributed by atoms with van der Waals surface area (Å²) in [5.74, 6) is 1.22. The number of anilines is 2. The summed E-state index contributed by atoms with van der Waals surface area (Å²) < 4.78 is 5.72. The molecule has 2 aromatic heterocycles. The van der Waals surface area contributed by atoms with E-state index in [2.05, 4.69) is 37.9 Å². The Morgan fingerprint density at radius 2 is 1.86 bits per heavy atom. The van der Waals surface area contributed by atoms with E-state index in [-0.39, 0.29) is 5.56 Å². The van der Waals surface area contributed by atoms with Crippen molar-refractivity contribution in [3.63, 3.8) is 0 Å². The maximum atomic E-state index is 12.7. The van der Waals surface area contributed by atoms with Gasteiger partial charge < -0.3 is 15.4 Å². The third-order valence-corrected chi connectivity index (χ3v) is 7.11. The molecule has 4 aromatic rings.